The van der Waals surface area contributed by atoms with Crippen LogP contribution in [0, 0.1) is 18.6 Å². The van der Waals surface area contributed by atoms with Gasteiger partial charge >= 0.3 is 0 Å². The van der Waals surface area contributed by atoms with Crippen LogP contribution in [0.3, 0.4) is 0 Å². The molecule has 0 atom stereocenters. The van der Waals surface area contributed by atoms with Crippen LogP contribution in [0.1, 0.15) is 21.5 Å². The topological polar surface area (TPSA) is 93.1 Å². The standard InChI is InChI=1S/C23H21F2NO6S/c1-14-10-16(24)12-19(22(14)25)23(28)26(17-5-7-18(31-2)8-6-17)33(29,30)21-11-15(13-27)4-9-20(21)32-3/h4-12,27H,13H2,1-3H3. The third-order valence-electron chi connectivity index (χ3n) is 4.87. The van der Waals surface area contributed by atoms with Gasteiger partial charge in [-0.1, -0.05) is 6.07 Å². The van der Waals surface area contributed by atoms with Crippen molar-refractivity contribution >= 4 is 21.6 Å². The number of hydrogen-bond acceptors (Lipinski definition) is 6. The number of aliphatic hydroxyl groups is 1. The van der Waals surface area contributed by atoms with Gasteiger partial charge in [-0.05, 0) is 66.6 Å². The lowest BCUT2D eigenvalue weighted by atomic mass is 10.1. The van der Waals surface area contributed by atoms with Gasteiger partial charge in [0.05, 0.1) is 32.1 Å². The molecule has 7 nitrogen and oxygen atoms in total. The minimum Gasteiger partial charge on any atom is -0.497 e. The Labute approximate surface area is 189 Å². The van der Waals surface area contributed by atoms with Crippen molar-refractivity contribution in [1.82, 2.24) is 0 Å². The van der Waals surface area contributed by atoms with Crippen LogP contribution in [0.4, 0.5) is 14.5 Å². The van der Waals surface area contributed by atoms with Crippen molar-refractivity contribution in [2.24, 2.45) is 0 Å². The van der Waals surface area contributed by atoms with E-state index in [1.807, 2.05) is 0 Å². The Bertz CT molecular complexity index is 1290. The summed E-state index contributed by atoms with van der Waals surface area (Å²) in [7, 11) is -2.08. The lowest BCUT2D eigenvalue weighted by Gasteiger charge is -2.24. The van der Waals surface area contributed by atoms with E-state index in [0.29, 0.717) is 16.1 Å². The van der Waals surface area contributed by atoms with Gasteiger partial charge in [-0.2, -0.15) is 4.31 Å². The van der Waals surface area contributed by atoms with Crippen molar-refractivity contribution in [3.8, 4) is 11.5 Å². The SMILES string of the molecule is COc1ccc(N(C(=O)c2cc(F)cc(C)c2F)S(=O)(=O)c2cc(CO)ccc2OC)cc1. The minimum atomic E-state index is -4.72. The molecule has 1 amide bonds. The average Bonchev–Trinajstić information content (AvgIpc) is 2.81. The highest BCUT2D eigenvalue weighted by atomic mass is 32.2. The second kappa shape index (κ2) is 9.55. The molecule has 0 unspecified atom stereocenters. The summed E-state index contributed by atoms with van der Waals surface area (Å²) >= 11 is 0. The molecule has 1 N–H and O–H groups in total. The van der Waals surface area contributed by atoms with Crippen LogP contribution in [-0.4, -0.2) is 33.7 Å². The van der Waals surface area contributed by atoms with Crippen LogP contribution < -0.4 is 13.8 Å². The van der Waals surface area contributed by atoms with E-state index in [-0.39, 0.29) is 22.6 Å². The summed E-state index contributed by atoms with van der Waals surface area (Å²) in [4.78, 5) is 13.0. The van der Waals surface area contributed by atoms with Gasteiger partial charge in [-0.25, -0.2) is 17.2 Å². The lowest BCUT2D eigenvalue weighted by molar-refractivity contribution is 0.100. The molecule has 0 aliphatic carbocycles. The largest absolute Gasteiger partial charge is 0.497 e. The normalized spacial score (nSPS) is 11.2. The Kier molecular flexibility index (Phi) is 6.99. The van der Waals surface area contributed by atoms with E-state index in [0.717, 1.165) is 12.1 Å². The molecule has 0 aromatic heterocycles. The summed E-state index contributed by atoms with van der Waals surface area (Å²) in [5.74, 6) is -2.97. The van der Waals surface area contributed by atoms with E-state index in [1.165, 1.54) is 57.5 Å². The van der Waals surface area contributed by atoms with Crippen LogP contribution in [0.2, 0.25) is 0 Å². The van der Waals surface area contributed by atoms with Gasteiger partial charge in [-0.15, -0.1) is 0 Å². The summed E-state index contributed by atoms with van der Waals surface area (Å²) < 4.78 is 66.9. The van der Waals surface area contributed by atoms with Crippen molar-refractivity contribution in [2.75, 3.05) is 18.5 Å². The van der Waals surface area contributed by atoms with E-state index < -0.39 is 44.6 Å². The van der Waals surface area contributed by atoms with Crippen molar-refractivity contribution in [3.05, 3.63) is 82.9 Å². The minimum absolute atomic E-state index is 0.102. The number of aryl methyl sites for hydroxylation is 1. The van der Waals surface area contributed by atoms with Crippen molar-refractivity contribution < 1.29 is 36.6 Å². The third kappa shape index (κ3) is 4.67. The Hall–Kier alpha value is -3.50. The molecular formula is C23H21F2NO6S. The van der Waals surface area contributed by atoms with Gasteiger partial charge in [0.25, 0.3) is 15.9 Å². The van der Waals surface area contributed by atoms with E-state index in [4.69, 9.17) is 9.47 Å². The van der Waals surface area contributed by atoms with Gasteiger partial charge < -0.3 is 14.6 Å². The molecule has 0 aliphatic heterocycles. The quantitative estimate of drug-likeness (QED) is 0.556. The number of methoxy groups -OCH3 is 2. The molecule has 0 saturated carbocycles. The maximum atomic E-state index is 14.8. The first-order valence-corrected chi connectivity index (χ1v) is 11.0. The molecule has 0 heterocycles. The number of rotatable bonds is 7. The molecule has 0 aliphatic rings. The highest BCUT2D eigenvalue weighted by Crippen LogP contribution is 2.33. The number of carbonyl (C=O) groups is 1. The third-order valence-corrected chi connectivity index (χ3v) is 6.60. The molecule has 0 radical (unpaired) electrons. The second-order valence-electron chi connectivity index (χ2n) is 7.00. The number of amides is 1. The lowest BCUT2D eigenvalue weighted by Crippen LogP contribution is -2.38. The van der Waals surface area contributed by atoms with Gasteiger partial charge in [0.1, 0.15) is 28.0 Å². The zero-order chi connectivity index (χ0) is 24.3. The summed E-state index contributed by atoms with van der Waals surface area (Å²) in [6.07, 6.45) is 0. The molecule has 3 rings (SSSR count). The fourth-order valence-corrected chi connectivity index (χ4v) is 4.81. The zero-order valence-electron chi connectivity index (χ0n) is 18.0. The van der Waals surface area contributed by atoms with E-state index >= 15 is 0 Å². The van der Waals surface area contributed by atoms with Crippen LogP contribution in [-0.2, 0) is 16.6 Å². The molecule has 33 heavy (non-hydrogen) atoms. The number of halogens is 2. The van der Waals surface area contributed by atoms with Gasteiger partial charge in [0.15, 0.2) is 0 Å². The summed E-state index contributed by atoms with van der Waals surface area (Å²) in [5.41, 5.74) is -0.822. The monoisotopic (exact) mass is 477 g/mol. The zero-order valence-corrected chi connectivity index (χ0v) is 18.8. The highest BCUT2D eigenvalue weighted by Gasteiger charge is 2.36. The summed E-state index contributed by atoms with van der Waals surface area (Å²) in [5, 5.41) is 9.47. The van der Waals surface area contributed by atoms with Crippen molar-refractivity contribution in [2.45, 2.75) is 18.4 Å². The number of benzene rings is 3. The maximum Gasteiger partial charge on any atom is 0.275 e. The Morgan fingerprint density at radius 3 is 2.24 bits per heavy atom. The number of sulfonamides is 1. The van der Waals surface area contributed by atoms with Crippen LogP contribution in [0.5, 0.6) is 11.5 Å². The Morgan fingerprint density at radius 1 is 1.00 bits per heavy atom. The molecule has 0 bridgehead atoms. The number of anilines is 1. The molecule has 0 spiro atoms. The molecular weight excluding hydrogens is 456 g/mol. The first kappa shape index (κ1) is 24.1. The predicted octanol–water partition coefficient (Wildman–Crippen LogP) is 3.82. The number of aliphatic hydroxyl groups excluding tert-OH is 1. The second-order valence-corrected chi connectivity index (χ2v) is 8.76. The predicted molar refractivity (Wildman–Crippen MR) is 117 cm³/mol. The molecule has 0 saturated heterocycles. The average molecular weight is 477 g/mol. The molecule has 3 aromatic carbocycles. The fourth-order valence-electron chi connectivity index (χ4n) is 3.19. The number of hydrogen-bond donors (Lipinski definition) is 1. The molecule has 0 fully saturated rings. The van der Waals surface area contributed by atoms with E-state index in [2.05, 4.69) is 0 Å². The summed E-state index contributed by atoms with van der Waals surface area (Å²) in [6, 6.07) is 10.9. The van der Waals surface area contributed by atoms with Gasteiger partial charge in [-0.3, -0.25) is 4.79 Å². The molecule has 10 heteroatoms. The first-order valence-electron chi connectivity index (χ1n) is 9.61. The molecule has 174 valence electrons. The molecule has 3 aromatic rings. The van der Waals surface area contributed by atoms with Crippen LogP contribution in [0.15, 0.2) is 59.5 Å². The van der Waals surface area contributed by atoms with Crippen LogP contribution in [0.25, 0.3) is 0 Å². The van der Waals surface area contributed by atoms with Gasteiger partial charge in [0, 0.05) is 0 Å². The van der Waals surface area contributed by atoms with Crippen LogP contribution >= 0.6 is 0 Å². The van der Waals surface area contributed by atoms with Crippen molar-refractivity contribution in [1.29, 1.82) is 0 Å². The summed E-state index contributed by atoms with van der Waals surface area (Å²) in [6.45, 7) is 0.788. The number of carbonyl (C=O) groups excluding carboxylic acids is 1. The number of nitrogens with zero attached hydrogens (tertiary/aromatic N) is 1. The highest BCUT2D eigenvalue weighted by molar-refractivity contribution is 7.93. The Morgan fingerprint density at radius 2 is 1.67 bits per heavy atom. The maximum absolute atomic E-state index is 14.8. The van der Waals surface area contributed by atoms with Gasteiger partial charge in [0.2, 0.25) is 0 Å². The smallest absolute Gasteiger partial charge is 0.275 e. The Balaban J connectivity index is 2.29. The van der Waals surface area contributed by atoms with Crippen molar-refractivity contribution in [3.63, 3.8) is 0 Å². The number of ether oxygens (including phenoxy) is 2. The van der Waals surface area contributed by atoms with E-state index in [9.17, 15) is 27.1 Å². The fraction of sp³-hybridized carbons (Fsp3) is 0.174. The first-order chi connectivity index (χ1) is 15.6. The van der Waals surface area contributed by atoms with E-state index in [1.54, 1.807) is 0 Å².